The lowest BCUT2D eigenvalue weighted by Crippen LogP contribution is -2.18. The molecule has 0 spiro atoms. The summed E-state index contributed by atoms with van der Waals surface area (Å²) in [4.78, 5) is 30.2. The molecule has 0 saturated carbocycles. The van der Waals surface area contributed by atoms with Gasteiger partial charge in [0.1, 0.15) is 0 Å². The fourth-order valence-electron chi connectivity index (χ4n) is 2.90. The Morgan fingerprint density at radius 2 is 1.61 bits per heavy atom. The molecule has 0 radical (unpaired) electrons. The monoisotopic (exact) mass is 374 g/mol. The van der Waals surface area contributed by atoms with Crippen molar-refractivity contribution in [3.63, 3.8) is 0 Å². The smallest absolute Gasteiger partial charge is 0.257 e. The van der Waals surface area contributed by atoms with Crippen LogP contribution in [0.1, 0.15) is 24.2 Å². The molecule has 6 heteroatoms. The van der Waals surface area contributed by atoms with Gasteiger partial charge in [-0.3, -0.25) is 14.6 Å². The molecule has 0 atom stereocenters. The number of rotatable bonds is 6. The van der Waals surface area contributed by atoms with Gasteiger partial charge in [0.05, 0.1) is 17.4 Å². The summed E-state index contributed by atoms with van der Waals surface area (Å²) < 4.78 is 0. The van der Waals surface area contributed by atoms with Crippen molar-refractivity contribution in [2.45, 2.75) is 13.8 Å². The van der Waals surface area contributed by atoms with Crippen molar-refractivity contribution in [2.75, 3.05) is 22.1 Å². The topological polar surface area (TPSA) is 74.3 Å². The van der Waals surface area contributed by atoms with Crippen LogP contribution in [0.2, 0.25) is 0 Å². The van der Waals surface area contributed by atoms with Crippen LogP contribution in [-0.2, 0) is 4.79 Å². The predicted octanol–water partition coefficient (Wildman–Crippen LogP) is 4.45. The second-order valence-corrected chi connectivity index (χ2v) is 6.23. The van der Waals surface area contributed by atoms with Gasteiger partial charge in [0.25, 0.3) is 5.91 Å². The van der Waals surface area contributed by atoms with Gasteiger partial charge in [-0.15, -0.1) is 0 Å². The Balaban J connectivity index is 1.80. The zero-order valence-corrected chi connectivity index (χ0v) is 15.8. The maximum atomic E-state index is 12.7. The van der Waals surface area contributed by atoms with E-state index in [1.165, 1.54) is 13.1 Å². The maximum Gasteiger partial charge on any atom is 0.257 e. The van der Waals surface area contributed by atoms with Gasteiger partial charge in [0.2, 0.25) is 5.91 Å². The van der Waals surface area contributed by atoms with Crippen LogP contribution < -0.4 is 15.5 Å². The zero-order chi connectivity index (χ0) is 19.9. The summed E-state index contributed by atoms with van der Waals surface area (Å²) in [6.45, 7) is 4.23. The molecule has 2 aromatic carbocycles. The van der Waals surface area contributed by atoms with Gasteiger partial charge in [-0.05, 0) is 43.3 Å². The van der Waals surface area contributed by atoms with E-state index < -0.39 is 0 Å². The van der Waals surface area contributed by atoms with Crippen LogP contribution in [0.25, 0.3) is 0 Å². The highest BCUT2D eigenvalue weighted by atomic mass is 16.2. The molecule has 0 fully saturated rings. The molecule has 1 heterocycles. The van der Waals surface area contributed by atoms with Crippen molar-refractivity contribution >= 4 is 34.6 Å². The number of para-hydroxylation sites is 1. The SMILES string of the molecule is CCN(c1ccccc1)c1cncc(C(=O)Nc2cccc(NC(C)=O)c2)c1. The summed E-state index contributed by atoms with van der Waals surface area (Å²) in [5.41, 5.74) is 3.55. The van der Waals surface area contributed by atoms with Gasteiger partial charge in [0.15, 0.2) is 0 Å². The molecule has 3 rings (SSSR count). The average molecular weight is 374 g/mol. The molecule has 0 bridgehead atoms. The minimum Gasteiger partial charge on any atom is -0.340 e. The normalized spacial score (nSPS) is 10.2. The van der Waals surface area contributed by atoms with Crippen LogP contribution in [0.15, 0.2) is 73.1 Å². The number of hydrogen-bond donors (Lipinski definition) is 2. The molecule has 3 aromatic rings. The van der Waals surface area contributed by atoms with Crippen LogP contribution in [0.4, 0.5) is 22.7 Å². The molecule has 0 aliphatic rings. The number of amides is 2. The third kappa shape index (κ3) is 4.73. The lowest BCUT2D eigenvalue weighted by molar-refractivity contribution is -0.114. The first-order valence-electron chi connectivity index (χ1n) is 9.03. The van der Waals surface area contributed by atoms with Gasteiger partial charge >= 0.3 is 0 Å². The van der Waals surface area contributed by atoms with Gasteiger partial charge < -0.3 is 15.5 Å². The van der Waals surface area contributed by atoms with E-state index in [2.05, 4.69) is 20.5 Å². The van der Waals surface area contributed by atoms with E-state index >= 15 is 0 Å². The molecule has 0 unspecified atom stereocenters. The van der Waals surface area contributed by atoms with Crippen LogP contribution in [0.3, 0.4) is 0 Å². The summed E-state index contributed by atoms with van der Waals surface area (Å²) in [5.74, 6) is -0.431. The molecule has 2 N–H and O–H groups in total. The molecule has 0 saturated heterocycles. The Labute approximate surface area is 164 Å². The largest absolute Gasteiger partial charge is 0.340 e. The standard InChI is InChI=1S/C22H22N4O2/c1-3-26(20-10-5-4-6-11-20)21-12-17(14-23-15-21)22(28)25-19-9-7-8-18(13-19)24-16(2)27/h4-15H,3H2,1-2H3,(H,24,27)(H,25,28). The summed E-state index contributed by atoms with van der Waals surface area (Å²) in [6, 6.07) is 18.8. The third-order valence-electron chi connectivity index (χ3n) is 4.12. The first kappa shape index (κ1) is 19.1. The first-order chi connectivity index (χ1) is 13.6. The van der Waals surface area contributed by atoms with E-state index in [4.69, 9.17) is 0 Å². The number of pyridine rings is 1. The highest BCUT2D eigenvalue weighted by Gasteiger charge is 2.12. The van der Waals surface area contributed by atoms with E-state index in [1.807, 2.05) is 43.3 Å². The lowest BCUT2D eigenvalue weighted by Gasteiger charge is -2.23. The number of carbonyl (C=O) groups excluding carboxylic acids is 2. The second-order valence-electron chi connectivity index (χ2n) is 6.23. The predicted molar refractivity (Wildman–Crippen MR) is 112 cm³/mol. The van der Waals surface area contributed by atoms with Crippen LogP contribution in [-0.4, -0.2) is 23.3 Å². The molecular weight excluding hydrogens is 352 g/mol. The van der Waals surface area contributed by atoms with Crippen molar-refractivity contribution in [2.24, 2.45) is 0 Å². The Morgan fingerprint density at radius 1 is 0.893 bits per heavy atom. The van der Waals surface area contributed by atoms with Crippen molar-refractivity contribution < 1.29 is 9.59 Å². The molecule has 1 aromatic heterocycles. The highest BCUT2D eigenvalue weighted by molar-refractivity contribution is 6.05. The number of nitrogens with zero attached hydrogens (tertiary/aromatic N) is 2. The van der Waals surface area contributed by atoms with Gasteiger partial charge in [-0.1, -0.05) is 24.3 Å². The van der Waals surface area contributed by atoms with Crippen molar-refractivity contribution in [3.05, 3.63) is 78.6 Å². The number of benzene rings is 2. The first-order valence-corrected chi connectivity index (χ1v) is 9.03. The molecule has 0 aliphatic carbocycles. The molecule has 142 valence electrons. The van der Waals surface area contributed by atoms with E-state index in [0.29, 0.717) is 16.9 Å². The third-order valence-corrected chi connectivity index (χ3v) is 4.12. The van der Waals surface area contributed by atoms with Crippen LogP contribution >= 0.6 is 0 Å². The Bertz CT molecular complexity index is 973. The molecular formula is C22H22N4O2. The summed E-state index contributed by atoms with van der Waals surface area (Å²) >= 11 is 0. The number of anilines is 4. The van der Waals surface area contributed by atoms with Crippen molar-refractivity contribution in [3.8, 4) is 0 Å². The second kappa shape index (κ2) is 8.81. The minimum absolute atomic E-state index is 0.166. The summed E-state index contributed by atoms with van der Waals surface area (Å²) in [6.07, 6.45) is 3.28. The fourth-order valence-corrected chi connectivity index (χ4v) is 2.90. The lowest BCUT2D eigenvalue weighted by atomic mass is 10.2. The van der Waals surface area contributed by atoms with Gasteiger partial charge in [-0.2, -0.15) is 0 Å². The van der Waals surface area contributed by atoms with E-state index in [9.17, 15) is 9.59 Å². The molecule has 6 nitrogen and oxygen atoms in total. The highest BCUT2D eigenvalue weighted by Crippen LogP contribution is 2.25. The van der Waals surface area contributed by atoms with E-state index in [1.54, 1.807) is 30.5 Å². The van der Waals surface area contributed by atoms with E-state index in [0.717, 1.165) is 17.9 Å². The Kier molecular flexibility index (Phi) is 6.01. The molecule has 0 aliphatic heterocycles. The van der Waals surface area contributed by atoms with E-state index in [-0.39, 0.29) is 11.8 Å². The van der Waals surface area contributed by atoms with Crippen molar-refractivity contribution in [1.29, 1.82) is 0 Å². The Morgan fingerprint density at radius 3 is 2.29 bits per heavy atom. The quantitative estimate of drug-likeness (QED) is 0.668. The van der Waals surface area contributed by atoms with Crippen molar-refractivity contribution in [1.82, 2.24) is 4.98 Å². The molecule has 2 amide bonds. The zero-order valence-electron chi connectivity index (χ0n) is 15.8. The summed E-state index contributed by atoms with van der Waals surface area (Å²) in [7, 11) is 0. The number of aromatic nitrogens is 1. The van der Waals surface area contributed by atoms with Crippen LogP contribution in [0.5, 0.6) is 0 Å². The van der Waals surface area contributed by atoms with Crippen LogP contribution in [0, 0.1) is 0 Å². The Hall–Kier alpha value is -3.67. The maximum absolute atomic E-state index is 12.7. The van der Waals surface area contributed by atoms with Gasteiger partial charge in [0, 0.05) is 36.7 Å². The number of nitrogens with one attached hydrogen (secondary N) is 2. The number of carbonyl (C=O) groups is 2. The number of hydrogen-bond acceptors (Lipinski definition) is 4. The summed E-state index contributed by atoms with van der Waals surface area (Å²) in [5, 5.41) is 5.55. The van der Waals surface area contributed by atoms with Gasteiger partial charge in [-0.25, -0.2) is 0 Å². The fraction of sp³-hybridized carbons (Fsp3) is 0.136. The molecule has 28 heavy (non-hydrogen) atoms. The average Bonchev–Trinajstić information content (AvgIpc) is 2.69. The minimum atomic E-state index is -0.265.